The average molecular weight is 244 g/mol. The molecular weight excluding hydrogens is 212 g/mol. The van der Waals surface area contributed by atoms with Gasteiger partial charge in [0.05, 0.1) is 0 Å². The Balaban J connectivity index is 4.20. The first kappa shape index (κ1) is 16.9. The van der Waals surface area contributed by atoms with Gasteiger partial charge in [0.2, 0.25) is 0 Å². The molecule has 0 aromatic carbocycles. The summed E-state index contributed by atoms with van der Waals surface area (Å²) in [4.78, 5) is 2.46. The smallest absolute Gasteiger partial charge is 0.0443 e. The van der Waals surface area contributed by atoms with Crippen molar-refractivity contribution >= 4 is 0 Å². The molecule has 0 aliphatic heterocycles. The predicted octanol–water partition coefficient (Wildman–Crippen LogP) is 2.10. The summed E-state index contributed by atoms with van der Waals surface area (Å²) < 4.78 is 0. The van der Waals surface area contributed by atoms with Crippen LogP contribution in [0.1, 0.15) is 48.0 Å². The Bertz CT molecular complexity index is 191. The van der Waals surface area contributed by atoms with Crippen molar-refractivity contribution in [2.24, 2.45) is 5.41 Å². The van der Waals surface area contributed by atoms with E-state index in [2.05, 4.69) is 51.8 Å². The van der Waals surface area contributed by atoms with E-state index in [1.807, 2.05) is 0 Å². The minimum atomic E-state index is 0.268. The van der Waals surface area contributed by atoms with Gasteiger partial charge >= 0.3 is 0 Å². The van der Waals surface area contributed by atoms with Gasteiger partial charge in [-0.15, -0.1) is 0 Å². The number of aliphatic hydroxyl groups excluding tert-OH is 1. The van der Waals surface area contributed by atoms with E-state index in [-0.39, 0.29) is 12.0 Å². The van der Waals surface area contributed by atoms with Crippen molar-refractivity contribution in [2.75, 3.05) is 26.2 Å². The molecule has 0 amide bonds. The van der Waals surface area contributed by atoms with E-state index < -0.39 is 0 Å². The van der Waals surface area contributed by atoms with Gasteiger partial charge in [0.15, 0.2) is 0 Å². The van der Waals surface area contributed by atoms with Crippen LogP contribution in [0.5, 0.6) is 0 Å². The molecule has 0 rings (SSSR count). The molecule has 0 spiro atoms. The van der Waals surface area contributed by atoms with Crippen LogP contribution in [0.3, 0.4) is 0 Å². The molecule has 0 radical (unpaired) electrons. The Hall–Kier alpha value is -0.120. The van der Waals surface area contributed by atoms with E-state index in [4.69, 9.17) is 5.11 Å². The van der Waals surface area contributed by atoms with Crippen molar-refractivity contribution in [1.29, 1.82) is 0 Å². The molecule has 0 atom stereocenters. The Kier molecular flexibility index (Phi) is 8.01. The molecule has 0 aliphatic rings. The SMILES string of the molecule is CC(C)NCC(C)(C)CN(CCCO)C(C)C. The zero-order chi connectivity index (χ0) is 13.5. The minimum Gasteiger partial charge on any atom is -0.396 e. The highest BCUT2D eigenvalue weighted by atomic mass is 16.3. The van der Waals surface area contributed by atoms with E-state index in [1.54, 1.807) is 0 Å². The maximum Gasteiger partial charge on any atom is 0.0443 e. The number of hydrogen-bond donors (Lipinski definition) is 2. The number of nitrogens with zero attached hydrogens (tertiary/aromatic N) is 1. The lowest BCUT2D eigenvalue weighted by atomic mass is 9.91. The maximum absolute atomic E-state index is 8.93. The lowest BCUT2D eigenvalue weighted by molar-refractivity contribution is 0.129. The van der Waals surface area contributed by atoms with Crippen LogP contribution in [0.4, 0.5) is 0 Å². The van der Waals surface area contributed by atoms with Gasteiger partial charge in [-0.1, -0.05) is 27.7 Å². The van der Waals surface area contributed by atoms with Gasteiger partial charge in [0.25, 0.3) is 0 Å². The van der Waals surface area contributed by atoms with Crippen LogP contribution < -0.4 is 5.32 Å². The first-order valence-corrected chi connectivity index (χ1v) is 6.87. The number of aliphatic hydroxyl groups is 1. The van der Waals surface area contributed by atoms with E-state index in [0.717, 1.165) is 26.1 Å². The van der Waals surface area contributed by atoms with Gasteiger partial charge in [-0.05, 0) is 25.7 Å². The van der Waals surface area contributed by atoms with Gasteiger partial charge in [-0.2, -0.15) is 0 Å². The quantitative estimate of drug-likeness (QED) is 0.652. The third kappa shape index (κ3) is 8.58. The van der Waals surface area contributed by atoms with Crippen molar-refractivity contribution in [3.05, 3.63) is 0 Å². The molecule has 0 bridgehead atoms. The van der Waals surface area contributed by atoms with Gasteiger partial charge in [-0.3, -0.25) is 0 Å². The van der Waals surface area contributed by atoms with Crippen LogP contribution in [0.2, 0.25) is 0 Å². The van der Waals surface area contributed by atoms with E-state index in [0.29, 0.717) is 12.1 Å². The second-order valence-electron chi connectivity index (χ2n) is 6.34. The van der Waals surface area contributed by atoms with Crippen LogP contribution >= 0.6 is 0 Å². The molecule has 0 aromatic rings. The molecule has 104 valence electrons. The molecule has 17 heavy (non-hydrogen) atoms. The van der Waals surface area contributed by atoms with Crippen molar-refractivity contribution in [3.8, 4) is 0 Å². The molecule has 2 N–H and O–H groups in total. The zero-order valence-corrected chi connectivity index (χ0v) is 12.6. The highest BCUT2D eigenvalue weighted by molar-refractivity contribution is 4.78. The van der Waals surface area contributed by atoms with Crippen molar-refractivity contribution in [1.82, 2.24) is 10.2 Å². The molecule has 0 fully saturated rings. The van der Waals surface area contributed by atoms with E-state index in [1.165, 1.54) is 0 Å². The van der Waals surface area contributed by atoms with E-state index in [9.17, 15) is 0 Å². The number of nitrogens with one attached hydrogen (secondary N) is 1. The van der Waals surface area contributed by atoms with Gasteiger partial charge in [0, 0.05) is 38.3 Å². The summed E-state index contributed by atoms with van der Waals surface area (Å²) >= 11 is 0. The molecule has 3 heteroatoms. The summed E-state index contributed by atoms with van der Waals surface area (Å²) in [7, 11) is 0. The Morgan fingerprint density at radius 2 is 1.76 bits per heavy atom. The molecule has 0 heterocycles. The normalized spacial score (nSPS) is 13.1. The van der Waals surface area contributed by atoms with Crippen molar-refractivity contribution in [2.45, 2.75) is 60.0 Å². The van der Waals surface area contributed by atoms with Gasteiger partial charge < -0.3 is 15.3 Å². The van der Waals surface area contributed by atoms with Crippen LogP contribution in [-0.2, 0) is 0 Å². The molecule has 0 saturated heterocycles. The fraction of sp³-hybridized carbons (Fsp3) is 1.00. The molecule has 0 saturated carbocycles. The maximum atomic E-state index is 8.93. The van der Waals surface area contributed by atoms with E-state index >= 15 is 0 Å². The second-order valence-corrected chi connectivity index (χ2v) is 6.34. The topological polar surface area (TPSA) is 35.5 Å². The standard InChI is InChI=1S/C14H32N2O/c1-12(2)15-10-14(5,6)11-16(13(3)4)8-7-9-17/h12-13,15,17H,7-11H2,1-6H3. The first-order chi connectivity index (χ1) is 7.78. The number of rotatable bonds is 9. The molecule has 0 aromatic heterocycles. The predicted molar refractivity (Wildman–Crippen MR) is 75.3 cm³/mol. The summed E-state index contributed by atoms with van der Waals surface area (Å²) in [5.41, 5.74) is 0.268. The van der Waals surface area contributed by atoms with Crippen molar-refractivity contribution in [3.63, 3.8) is 0 Å². The third-order valence-corrected chi connectivity index (χ3v) is 2.95. The summed E-state index contributed by atoms with van der Waals surface area (Å²) in [5, 5.41) is 12.4. The lowest BCUT2D eigenvalue weighted by Gasteiger charge is -2.36. The monoisotopic (exact) mass is 244 g/mol. The fourth-order valence-electron chi connectivity index (χ4n) is 1.88. The van der Waals surface area contributed by atoms with Crippen LogP contribution in [0.15, 0.2) is 0 Å². The highest BCUT2D eigenvalue weighted by Crippen LogP contribution is 2.18. The summed E-state index contributed by atoms with van der Waals surface area (Å²) in [6.07, 6.45) is 0.867. The highest BCUT2D eigenvalue weighted by Gasteiger charge is 2.23. The summed E-state index contributed by atoms with van der Waals surface area (Å²) in [6, 6.07) is 1.08. The molecule has 0 unspecified atom stereocenters. The van der Waals surface area contributed by atoms with Crippen LogP contribution in [-0.4, -0.2) is 48.3 Å². The second kappa shape index (κ2) is 8.06. The Morgan fingerprint density at radius 3 is 2.18 bits per heavy atom. The first-order valence-electron chi connectivity index (χ1n) is 6.87. The zero-order valence-electron chi connectivity index (χ0n) is 12.6. The van der Waals surface area contributed by atoms with Crippen LogP contribution in [0, 0.1) is 5.41 Å². The third-order valence-electron chi connectivity index (χ3n) is 2.95. The minimum absolute atomic E-state index is 0.268. The Labute approximate surface area is 108 Å². The lowest BCUT2D eigenvalue weighted by Crippen LogP contribution is -2.45. The molecular formula is C14H32N2O. The summed E-state index contributed by atoms with van der Waals surface area (Å²) in [6.45, 7) is 16.8. The number of hydrogen-bond acceptors (Lipinski definition) is 3. The Morgan fingerprint density at radius 1 is 1.18 bits per heavy atom. The van der Waals surface area contributed by atoms with Gasteiger partial charge in [-0.25, -0.2) is 0 Å². The average Bonchev–Trinajstić information content (AvgIpc) is 2.21. The largest absolute Gasteiger partial charge is 0.396 e. The fourth-order valence-corrected chi connectivity index (χ4v) is 1.88. The molecule has 3 nitrogen and oxygen atoms in total. The van der Waals surface area contributed by atoms with Crippen molar-refractivity contribution < 1.29 is 5.11 Å². The molecule has 0 aliphatic carbocycles. The summed E-state index contributed by atoms with van der Waals surface area (Å²) in [5.74, 6) is 0. The van der Waals surface area contributed by atoms with Gasteiger partial charge in [0.1, 0.15) is 0 Å². The van der Waals surface area contributed by atoms with Crippen LogP contribution in [0.25, 0.3) is 0 Å².